The van der Waals surface area contributed by atoms with Crippen molar-refractivity contribution in [2.24, 2.45) is 0 Å². The lowest BCUT2D eigenvalue weighted by Gasteiger charge is -2.04. The van der Waals surface area contributed by atoms with Gasteiger partial charge in [-0.2, -0.15) is 0 Å². The number of imidazole rings is 1. The SMILES string of the molecule is CCc1nc(C(C)CC)c(C)[nH]1. The van der Waals surface area contributed by atoms with Crippen LogP contribution in [0.2, 0.25) is 0 Å². The minimum Gasteiger partial charge on any atom is -0.346 e. The van der Waals surface area contributed by atoms with Crippen molar-refractivity contribution < 1.29 is 0 Å². The molecule has 0 bridgehead atoms. The topological polar surface area (TPSA) is 28.7 Å². The Balaban J connectivity index is 2.91. The predicted molar refractivity (Wildman–Crippen MR) is 51.4 cm³/mol. The van der Waals surface area contributed by atoms with E-state index in [0.717, 1.165) is 18.7 Å². The van der Waals surface area contributed by atoms with Gasteiger partial charge in [0.15, 0.2) is 0 Å². The second-order valence-corrected chi connectivity index (χ2v) is 3.36. The van der Waals surface area contributed by atoms with Gasteiger partial charge >= 0.3 is 0 Å². The Morgan fingerprint density at radius 1 is 1.42 bits per heavy atom. The van der Waals surface area contributed by atoms with Crippen LogP contribution in [0.4, 0.5) is 0 Å². The zero-order valence-electron chi connectivity index (χ0n) is 8.44. The fourth-order valence-electron chi connectivity index (χ4n) is 1.38. The fourth-order valence-corrected chi connectivity index (χ4v) is 1.38. The standard InChI is InChI=1S/C10H18N2/c1-5-7(3)10-8(4)11-9(6-2)12-10/h7H,5-6H2,1-4H3,(H,11,12). The molecule has 0 spiro atoms. The molecule has 0 aliphatic rings. The van der Waals surface area contributed by atoms with Crippen LogP contribution in [0.3, 0.4) is 0 Å². The molecule has 0 saturated carbocycles. The van der Waals surface area contributed by atoms with E-state index in [2.05, 4.69) is 37.7 Å². The average molecular weight is 166 g/mol. The van der Waals surface area contributed by atoms with Crippen LogP contribution in [0.25, 0.3) is 0 Å². The third-order valence-electron chi connectivity index (χ3n) is 2.39. The first-order valence-corrected chi connectivity index (χ1v) is 4.74. The van der Waals surface area contributed by atoms with Gasteiger partial charge in [-0.1, -0.05) is 20.8 Å². The minimum absolute atomic E-state index is 0.585. The van der Waals surface area contributed by atoms with Crippen LogP contribution in [-0.4, -0.2) is 9.97 Å². The molecular formula is C10H18N2. The number of H-pyrrole nitrogens is 1. The molecule has 2 heteroatoms. The summed E-state index contributed by atoms with van der Waals surface area (Å²) in [7, 11) is 0. The van der Waals surface area contributed by atoms with Crippen molar-refractivity contribution in [1.29, 1.82) is 0 Å². The van der Waals surface area contributed by atoms with Gasteiger partial charge in [-0.15, -0.1) is 0 Å². The van der Waals surface area contributed by atoms with E-state index in [0.29, 0.717) is 5.92 Å². The monoisotopic (exact) mass is 166 g/mol. The predicted octanol–water partition coefficient (Wildman–Crippen LogP) is 2.79. The van der Waals surface area contributed by atoms with Crippen LogP contribution in [0.1, 0.15) is 50.3 Å². The Morgan fingerprint density at radius 3 is 2.50 bits per heavy atom. The number of aromatic nitrogens is 2. The van der Waals surface area contributed by atoms with Crippen LogP contribution in [-0.2, 0) is 6.42 Å². The number of aryl methyl sites for hydroxylation is 2. The van der Waals surface area contributed by atoms with Crippen molar-refractivity contribution in [2.45, 2.75) is 46.5 Å². The molecule has 0 fully saturated rings. The zero-order chi connectivity index (χ0) is 9.14. The Kier molecular flexibility index (Phi) is 2.90. The molecule has 1 aromatic rings. The number of rotatable bonds is 3. The maximum Gasteiger partial charge on any atom is 0.106 e. The lowest BCUT2D eigenvalue weighted by molar-refractivity contribution is 0.705. The Hall–Kier alpha value is -0.790. The molecular weight excluding hydrogens is 148 g/mol. The molecule has 2 nitrogen and oxygen atoms in total. The summed E-state index contributed by atoms with van der Waals surface area (Å²) in [6.45, 7) is 8.65. The van der Waals surface area contributed by atoms with Gasteiger partial charge in [0.1, 0.15) is 5.82 Å². The largest absolute Gasteiger partial charge is 0.346 e. The first-order valence-electron chi connectivity index (χ1n) is 4.74. The summed E-state index contributed by atoms with van der Waals surface area (Å²) in [5.41, 5.74) is 2.48. The van der Waals surface area contributed by atoms with Gasteiger partial charge in [-0.3, -0.25) is 0 Å². The normalized spacial score (nSPS) is 13.3. The van der Waals surface area contributed by atoms with Crippen molar-refractivity contribution >= 4 is 0 Å². The maximum absolute atomic E-state index is 4.54. The molecule has 1 N–H and O–H groups in total. The number of aromatic amines is 1. The number of hydrogen-bond acceptors (Lipinski definition) is 1. The molecule has 68 valence electrons. The van der Waals surface area contributed by atoms with Gasteiger partial charge in [0.05, 0.1) is 5.69 Å². The van der Waals surface area contributed by atoms with Crippen LogP contribution in [0, 0.1) is 6.92 Å². The summed E-state index contributed by atoms with van der Waals surface area (Å²) in [5.74, 6) is 1.70. The third-order valence-corrected chi connectivity index (χ3v) is 2.39. The molecule has 1 unspecified atom stereocenters. The number of nitrogens with zero attached hydrogens (tertiary/aromatic N) is 1. The molecule has 0 amide bonds. The lowest BCUT2D eigenvalue weighted by Crippen LogP contribution is -1.94. The van der Waals surface area contributed by atoms with E-state index >= 15 is 0 Å². The van der Waals surface area contributed by atoms with Crippen molar-refractivity contribution in [1.82, 2.24) is 9.97 Å². The van der Waals surface area contributed by atoms with Crippen molar-refractivity contribution in [3.63, 3.8) is 0 Å². The number of nitrogens with one attached hydrogen (secondary N) is 1. The van der Waals surface area contributed by atoms with E-state index in [1.807, 2.05) is 0 Å². The highest BCUT2D eigenvalue weighted by Gasteiger charge is 2.10. The molecule has 0 radical (unpaired) electrons. The molecule has 1 atom stereocenters. The molecule has 0 saturated heterocycles. The third kappa shape index (κ3) is 1.68. The van der Waals surface area contributed by atoms with E-state index in [1.54, 1.807) is 0 Å². The Morgan fingerprint density at radius 2 is 2.08 bits per heavy atom. The molecule has 0 aliphatic carbocycles. The van der Waals surface area contributed by atoms with E-state index < -0.39 is 0 Å². The first kappa shape index (κ1) is 9.30. The molecule has 0 aliphatic heterocycles. The highest BCUT2D eigenvalue weighted by atomic mass is 14.9. The minimum atomic E-state index is 0.585. The van der Waals surface area contributed by atoms with Gasteiger partial charge in [0, 0.05) is 12.1 Å². The van der Waals surface area contributed by atoms with Gasteiger partial charge < -0.3 is 4.98 Å². The van der Waals surface area contributed by atoms with Gasteiger partial charge in [0.25, 0.3) is 0 Å². The molecule has 12 heavy (non-hydrogen) atoms. The Labute approximate surface area is 74.4 Å². The van der Waals surface area contributed by atoms with Gasteiger partial charge in [-0.25, -0.2) is 4.98 Å². The van der Waals surface area contributed by atoms with E-state index in [-0.39, 0.29) is 0 Å². The maximum atomic E-state index is 4.54. The lowest BCUT2D eigenvalue weighted by atomic mass is 10.0. The summed E-state index contributed by atoms with van der Waals surface area (Å²) in [6.07, 6.45) is 2.16. The fraction of sp³-hybridized carbons (Fsp3) is 0.700. The van der Waals surface area contributed by atoms with Crippen LogP contribution < -0.4 is 0 Å². The quantitative estimate of drug-likeness (QED) is 0.735. The van der Waals surface area contributed by atoms with E-state index in [1.165, 1.54) is 11.4 Å². The highest BCUT2D eigenvalue weighted by molar-refractivity contribution is 5.16. The van der Waals surface area contributed by atoms with Crippen molar-refractivity contribution in [3.8, 4) is 0 Å². The summed E-state index contributed by atoms with van der Waals surface area (Å²) in [4.78, 5) is 7.84. The van der Waals surface area contributed by atoms with Crippen molar-refractivity contribution in [2.75, 3.05) is 0 Å². The zero-order valence-corrected chi connectivity index (χ0v) is 8.44. The Bertz CT molecular complexity index is 250. The molecule has 0 aromatic carbocycles. The second-order valence-electron chi connectivity index (χ2n) is 3.36. The second kappa shape index (κ2) is 3.74. The van der Waals surface area contributed by atoms with E-state index in [9.17, 15) is 0 Å². The first-order chi connectivity index (χ1) is 5.69. The van der Waals surface area contributed by atoms with Crippen LogP contribution >= 0.6 is 0 Å². The van der Waals surface area contributed by atoms with Crippen LogP contribution in [0.15, 0.2) is 0 Å². The summed E-state index contributed by atoms with van der Waals surface area (Å²) in [6, 6.07) is 0. The van der Waals surface area contributed by atoms with E-state index in [4.69, 9.17) is 0 Å². The van der Waals surface area contributed by atoms with Gasteiger partial charge in [-0.05, 0) is 19.3 Å². The van der Waals surface area contributed by atoms with Crippen molar-refractivity contribution in [3.05, 3.63) is 17.2 Å². The average Bonchev–Trinajstić information content (AvgIpc) is 2.45. The number of hydrogen-bond donors (Lipinski definition) is 1. The molecule has 1 aromatic heterocycles. The summed E-state index contributed by atoms with van der Waals surface area (Å²) < 4.78 is 0. The summed E-state index contributed by atoms with van der Waals surface area (Å²) in [5, 5.41) is 0. The van der Waals surface area contributed by atoms with Gasteiger partial charge in [0.2, 0.25) is 0 Å². The highest BCUT2D eigenvalue weighted by Crippen LogP contribution is 2.19. The smallest absolute Gasteiger partial charge is 0.106 e. The molecule has 1 heterocycles. The summed E-state index contributed by atoms with van der Waals surface area (Å²) >= 11 is 0. The van der Waals surface area contributed by atoms with Crippen LogP contribution in [0.5, 0.6) is 0 Å². The molecule has 1 rings (SSSR count).